The third-order valence-corrected chi connectivity index (χ3v) is 3.37. The van der Waals surface area contributed by atoms with E-state index in [1.54, 1.807) is 18.0 Å². The minimum atomic E-state index is 0.497. The largest absolute Gasteiger partial charge is 0.326 e. The first kappa shape index (κ1) is 11.5. The summed E-state index contributed by atoms with van der Waals surface area (Å²) < 4.78 is 0. The van der Waals surface area contributed by atoms with Crippen LogP contribution in [0, 0.1) is 0 Å². The van der Waals surface area contributed by atoms with Gasteiger partial charge in [-0.3, -0.25) is 0 Å². The second kappa shape index (κ2) is 5.34. The van der Waals surface area contributed by atoms with E-state index < -0.39 is 0 Å². The SMILES string of the molecule is NCc1cccnc1Sc1cccc(Cl)c1. The van der Waals surface area contributed by atoms with Crippen LogP contribution in [-0.2, 0) is 6.54 Å². The van der Waals surface area contributed by atoms with Crippen molar-refractivity contribution in [2.45, 2.75) is 16.5 Å². The van der Waals surface area contributed by atoms with Crippen LogP contribution < -0.4 is 5.73 Å². The quantitative estimate of drug-likeness (QED) is 0.908. The van der Waals surface area contributed by atoms with Gasteiger partial charge in [0.25, 0.3) is 0 Å². The van der Waals surface area contributed by atoms with Crippen molar-refractivity contribution in [3.8, 4) is 0 Å². The van der Waals surface area contributed by atoms with Gasteiger partial charge in [0.1, 0.15) is 5.03 Å². The topological polar surface area (TPSA) is 38.9 Å². The molecule has 2 N–H and O–H groups in total. The average molecular weight is 251 g/mol. The Labute approximate surface area is 104 Å². The first-order chi connectivity index (χ1) is 7.79. The van der Waals surface area contributed by atoms with Crippen molar-refractivity contribution in [1.82, 2.24) is 4.98 Å². The Hall–Kier alpha value is -1.03. The summed E-state index contributed by atoms with van der Waals surface area (Å²) in [5.41, 5.74) is 6.70. The van der Waals surface area contributed by atoms with Crippen molar-refractivity contribution in [1.29, 1.82) is 0 Å². The van der Waals surface area contributed by atoms with Gasteiger partial charge in [-0.25, -0.2) is 4.98 Å². The Bertz CT molecular complexity index is 488. The molecule has 0 atom stereocenters. The number of nitrogens with zero attached hydrogens (tertiary/aromatic N) is 1. The van der Waals surface area contributed by atoms with Crippen LogP contribution in [0.15, 0.2) is 52.5 Å². The lowest BCUT2D eigenvalue weighted by molar-refractivity contribution is 0.963. The van der Waals surface area contributed by atoms with E-state index in [1.165, 1.54) is 0 Å². The molecule has 0 aliphatic rings. The molecule has 1 aromatic heterocycles. The summed E-state index contributed by atoms with van der Waals surface area (Å²) in [5.74, 6) is 0. The molecular formula is C12H11ClN2S. The molecule has 0 radical (unpaired) electrons. The zero-order valence-electron chi connectivity index (χ0n) is 8.56. The van der Waals surface area contributed by atoms with E-state index in [0.717, 1.165) is 20.5 Å². The minimum absolute atomic E-state index is 0.497. The molecule has 0 fully saturated rings. The van der Waals surface area contributed by atoms with Gasteiger partial charge >= 0.3 is 0 Å². The van der Waals surface area contributed by atoms with Crippen molar-refractivity contribution < 1.29 is 0 Å². The van der Waals surface area contributed by atoms with E-state index in [9.17, 15) is 0 Å². The monoisotopic (exact) mass is 250 g/mol. The Morgan fingerprint density at radius 3 is 2.88 bits per heavy atom. The first-order valence-electron chi connectivity index (χ1n) is 4.87. The molecule has 0 unspecified atom stereocenters. The van der Waals surface area contributed by atoms with Gasteiger partial charge in [-0.2, -0.15) is 0 Å². The maximum Gasteiger partial charge on any atom is 0.105 e. The number of hydrogen-bond acceptors (Lipinski definition) is 3. The number of pyridine rings is 1. The molecule has 0 saturated heterocycles. The molecule has 0 spiro atoms. The Morgan fingerprint density at radius 1 is 1.25 bits per heavy atom. The number of benzene rings is 1. The van der Waals surface area contributed by atoms with Crippen molar-refractivity contribution in [2.24, 2.45) is 5.73 Å². The normalized spacial score (nSPS) is 10.4. The van der Waals surface area contributed by atoms with Gasteiger partial charge < -0.3 is 5.73 Å². The summed E-state index contributed by atoms with van der Waals surface area (Å²) in [6.07, 6.45) is 1.77. The highest BCUT2D eigenvalue weighted by atomic mass is 35.5. The molecule has 0 aliphatic heterocycles. The Kier molecular flexibility index (Phi) is 3.83. The number of hydrogen-bond donors (Lipinski definition) is 1. The second-order valence-corrected chi connectivity index (χ2v) is 4.73. The summed E-state index contributed by atoms with van der Waals surface area (Å²) in [7, 11) is 0. The third-order valence-electron chi connectivity index (χ3n) is 2.08. The molecule has 0 bridgehead atoms. The summed E-state index contributed by atoms with van der Waals surface area (Å²) in [6, 6.07) is 11.6. The van der Waals surface area contributed by atoms with Gasteiger partial charge in [0.05, 0.1) is 0 Å². The van der Waals surface area contributed by atoms with E-state index in [1.807, 2.05) is 36.4 Å². The van der Waals surface area contributed by atoms with Gasteiger partial charge in [-0.05, 0) is 29.8 Å². The van der Waals surface area contributed by atoms with E-state index >= 15 is 0 Å². The lowest BCUT2D eigenvalue weighted by atomic mass is 10.3. The molecule has 2 nitrogen and oxygen atoms in total. The fourth-order valence-electron chi connectivity index (χ4n) is 1.31. The highest BCUT2D eigenvalue weighted by Crippen LogP contribution is 2.29. The molecule has 16 heavy (non-hydrogen) atoms. The number of halogens is 1. The van der Waals surface area contributed by atoms with Gasteiger partial charge in [-0.1, -0.05) is 35.5 Å². The molecule has 0 amide bonds. The van der Waals surface area contributed by atoms with Crippen LogP contribution in [0.2, 0.25) is 5.02 Å². The number of rotatable bonds is 3. The summed E-state index contributed by atoms with van der Waals surface area (Å²) in [5, 5.41) is 1.67. The maximum atomic E-state index is 5.93. The van der Waals surface area contributed by atoms with Crippen LogP contribution in [0.5, 0.6) is 0 Å². The van der Waals surface area contributed by atoms with E-state index in [0.29, 0.717) is 6.54 Å². The fraction of sp³-hybridized carbons (Fsp3) is 0.0833. The third kappa shape index (κ3) is 2.76. The van der Waals surface area contributed by atoms with Crippen LogP contribution in [0.3, 0.4) is 0 Å². The molecule has 1 aromatic carbocycles. The van der Waals surface area contributed by atoms with Crippen LogP contribution in [-0.4, -0.2) is 4.98 Å². The molecule has 2 aromatic rings. The zero-order chi connectivity index (χ0) is 11.4. The Morgan fingerprint density at radius 2 is 2.12 bits per heavy atom. The van der Waals surface area contributed by atoms with Crippen molar-refractivity contribution >= 4 is 23.4 Å². The maximum absolute atomic E-state index is 5.93. The van der Waals surface area contributed by atoms with Crippen LogP contribution in [0.4, 0.5) is 0 Å². The van der Waals surface area contributed by atoms with Gasteiger partial charge in [0.15, 0.2) is 0 Å². The molecule has 0 saturated carbocycles. The average Bonchev–Trinajstić information content (AvgIpc) is 2.30. The first-order valence-corrected chi connectivity index (χ1v) is 6.06. The minimum Gasteiger partial charge on any atom is -0.326 e. The van der Waals surface area contributed by atoms with E-state index in [2.05, 4.69) is 4.98 Å². The molecule has 0 aliphatic carbocycles. The highest BCUT2D eigenvalue weighted by molar-refractivity contribution is 7.99. The van der Waals surface area contributed by atoms with Crippen molar-refractivity contribution in [3.63, 3.8) is 0 Å². The van der Waals surface area contributed by atoms with Gasteiger partial charge in [-0.15, -0.1) is 0 Å². The molecule has 4 heteroatoms. The van der Waals surface area contributed by atoms with Crippen LogP contribution in [0.1, 0.15) is 5.56 Å². The predicted octanol–water partition coefficient (Wildman–Crippen LogP) is 3.34. The summed E-state index contributed by atoms with van der Waals surface area (Å²) in [4.78, 5) is 5.38. The van der Waals surface area contributed by atoms with Crippen LogP contribution in [0.25, 0.3) is 0 Å². The molecule has 1 heterocycles. The fourth-order valence-corrected chi connectivity index (χ4v) is 2.52. The predicted molar refractivity (Wildman–Crippen MR) is 67.7 cm³/mol. The van der Waals surface area contributed by atoms with Crippen LogP contribution >= 0.6 is 23.4 Å². The summed E-state index contributed by atoms with van der Waals surface area (Å²) in [6.45, 7) is 0.497. The van der Waals surface area contributed by atoms with E-state index in [4.69, 9.17) is 17.3 Å². The highest BCUT2D eigenvalue weighted by Gasteiger charge is 2.04. The van der Waals surface area contributed by atoms with Crippen molar-refractivity contribution in [2.75, 3.05) is 0 Å². The molecular weight excluding hydrogens is 240 g/mol. The molecule has 2 rings (SSSR count). The summed E-state index contributed by atoms with van der Waals surface area (Å²) >= 11 is 7.50. The lowest BCUT2D eigenvalue weighted by Crippen LogP contribution is -1.99. The van der Waals surface area contributed by atoms with Gasteiger partial charge in [0.2, 0.25) is 0 Å². The van der Waals surface area contributed by atoms with Gasteiger partial charge in [0, 0.05) is 22.7 Å². The van der Waals surface area contributed by atoms with Crippen molar-refractivity contribution in [3.05, 3.63) is 53.2 Å². The Balaban J connectivity index is 2.26. The number of aromatic nitrogens is 1. The lowest BCUT2D eigenvalue weighted by Gasteiger charge is -2.05. The smallest absolute Gasteiger partial charge is 0.105 e. The van der Waals surface area contributed by atoms with E-state index in [-0.39, 0.29) is 0 Å². The second-order valence-electron chi connectivity index (χ2n) is 3.23. The molecule has 82 valence electrons. The number of nitrogens with two attached hydrogens (primary N) is 1. The standard InChI is InChI=1S/C12H11ClN2S/c13-10-4-1-5-11(7-10)16-12-9(8-14)3-2-6-15-12/h1-7H,8,14H2. The zero-order valence-corrected chi connectivity index (χ0v) is 10.1.